The van der Waals surface area contributed by atoms with E-state index < -0.39 is 0 Å². The van der Waals surface area contributed by atoms with Crippen LogP contribution in [0.5, 0.6) is 0 Å². The number of nitrogens with one attached hydrogen (secondary N) is 2. The lowest BCUT2D eigenvalue weighted by molar-refractivity contribution is 0.0698. The number of ether oxygens (including phenoxy) is 2. The molecule has 0 heterocycles. The zero-order valence-electron chi connectivity index (χ0n) is 14.3. The summed E-state index contributed by atoms with van der Waals surface area (Å²) in [7, 11) is 3.48. The van der Waals surface area contributed by atoms with Gasteiger partial charge in [0.1, 0.15) is 0 Å². The van der Waals surface area contributed by atoms with E-state index in [1.807, 2.05) is 0 Å². The second-order valence-electron chi connectivity index (χ2n) is 6.05. The van der Waals surface area contributed by atoms with Gasteiger partial charge in [0.05, 0.1) is 13.2 Å². The molecule has 0 aliphatic heterocycles. The Hall–Kier alpha value is -0.0800. The summed E-state index contributed by atoms with van der Waals surface area (Å²) in [5.74, 6) is 0.871. The molecule has 0 bridgehead atoms. The number of aliphatic imine (C=N–C) groups is 1. The van der Waals surface area contributed by atoms with Gasteiger partial charge in [0.2, 0.25) is 0 Å². The lowest BCUT2D eigenvalue weighted by Gasteiger charge is -2.18. The van der Waals surface area contributed by atoms with E-state index in [0.717, 1.165) is 38.5 Å². The van der Waals surface area contributed by atoms with E-state index in [2.05, 4.69) is 36.4 Å². The molecule has 0 unspecified atom stereocenters. The minimum Gasteiger partial charge on any atom is -0.382 e. The van der Waals surface area contributed by atoms with Crippen LogP contribution in [0.4, 0.5) is 0 Å². The predicted octanol–water partition coefficient (Wildman–Crippen LogP) is 2.65. The van der Waals surface area contributed by atoms with Crippen molar-refractivity contribution >= 4 is 29.9 Å². The fourth-order valence-corrected chi connectivity index (χ4v) is 1.67. The Bertz CT molecular complexity index is 256. The first-order valence-electron chi connectivity index (χ1n) is 7.51. The Kier molecular flexibility index (Phi) is 16.4. The highest BCUT2D eigenvalue weighted by Gasteiger charge is 2.08. The van der Waals surface area contributed by atoms with E-state index >= 15 is 0 Å². The standard InChI is InChI=1S/C15H33N3O2.HI/c1-15(2,3)8-6-9-17-14(16-4)18-10-7-11-20-13-12-19-5;/h6-13H2,1-5H3,(H2,16,17,18);1H. The summed E-state index contributed by atoms with van der Waals surface area (Å²) >= 11 is 0. The van der Waals surface area contributed by atoms with Crippen LogP contribution < -0.4 is 10.6 Å². The van der Waals surface area contributed by atoms with Crippen molar-refractivity contribution in [3.8, 4) is 0 Å². The third kappa shape index (κ3) is 17.9. The number of rotatable bonds is 10. The topological polar surface area (TPSA) is 54.9 Å². The quantitative estimate of drug-likeness (QED) is 0.249. The lowest BCUT2D eigenvalue weighted by atomic mass is 9.91. The molecule has 0 aromatic rings. The molecule has 0 saturated heterocycles. The summed E-state index contributed by atoms with van der Waals surface area (Å²) in [6.07, 6.45) is 3.33. The fraction of sp³-hybridized carbons (Fsp3) is 0.933. The molecule has 0 aromatic carbocycles. The van der Waals surface area contributed by atoms with Crippen LogP contribution in [0.1, 0.15) is 40.0 Å². The summed E-state index contributed by atoms with van der Waals surface area (Å²) in [6.45, 7) is 10.7. The molecular weight excluding hydrogens is 381 g/mol. The molecule has 0 saturated carbocycles. The van der Waals surface area contributed by atoms with E-state index in [4.69, 9.17) is 9.47 Å². The SMILES string of the molecule is CN=C(NCCCOCCOC)NCCCC(C)(C)C.I. The third-order valence-corrected chi connectivity index (χ3v) is 2.81. The van der Waals surface area contributed by atoms with E-state index in [1.54, 1.807) is 14.2 Å². The maximum absolute atomic E-state index is 5.40. The summed E-state index contributed by atoms with van der Waals surface area (Å²) < 4.78 is 10.3. The van der Waals surface area contributed by atoms with E-state index in [1.165, 1.54) is 6.42 Å². The van der Waals surface area contributed by atoms with Crippen LogP contribution in [-0.4, -0.2) is 53.0 Å². The Morgan fingerprint density at radius 3 is 2.14 bits per heavy atom. The molecule has 5 nitrogen and oxygen atoms in total. The highest BCUT2D eigenvalue weighted by Crippen LogP contribution is 2.19. The van der Waals surface area contributed by atoms with Crippen LogP contribution in [-0.2, 0) is 9.47 Å². The fourth-order valence-electron chi connectivity index (χ4n) is 1.67. The van der Waals surface area contributed by atoms with Crippen LogP contribution in [0.3, 0.4) is 0 Å². The molecule has 0 spiro atoms. The average molecular weight is 415 g/mol. The molecule has 2 N–H and O–H groups in total. The molecule has 128 valence electrons. The van der Waals surface area contributed by atoms with Crippen molar-refractivity contribution in [3.63, 3.8) is 0 Å². The molecule has 0 aromatic heterocycles. The van der Waals surface area contributed by atoms with Crippen molar-refractivity contribution in [3.05, 3.63) is 0 Å². The number of hydrogen-bond acceptors (Lipinski definition) is 3. The van der Waals surface area contributed by atoms with Crippen molar-refractivity contribution in [2.45, 2.75) is 40.0 Å². The Labute approximate surface area is 147 Å². The number of halogens is 1. The Morgan fingerprint density at radius 2 is 1.62 bits per heavy atom. The Balaban J connectivity index is 0. The van der Waals surface area contributed by atoms with E-state index in [0.29, 0.717) is 18.6 Å². The second-order valence-corrected chi connectivity index (χ2v) is 6.05. The molecule has 0 fully saturated rings. The maximum Gasteiger partial charge on any atom is 0.190 e. The van der Waals surface area contributed by atoms with Gasteiger partial charge in [0.15, 0.2) is 5.96 Å². The van der Waals surface area contributed by atoms with Crippen LogP contribution in [0.15, 0.2) is 4.99 Å². The van der Waals surface area contributed by atoms with Crippen LogP contribution >= 0.6 is 24.0 Å². The van der Waals surface area contributed by atoms with Gasteiger partial charge < -0.3 is 20.1 Å². The minimum absolute atomic E-state index is 0. The van der Waals surface area contributed by atoms with Gasteiger partial charge in [-0.2, -0.15) is 0 Å². The summed E-state index contributed by atoms with van der Waals surface area (Å²) in [4.78, 5) is 4.20. The van der Waals surface area contributed by atoms with Gasteiger partial charge >= 0.3 is 0 Å². The van der Waals surface area contributed by atoms with Gasteiger partial charge in [-0.15, -0.1) is 24.0 Å². The predicted molar refractivity (Wildman–Crippen MR) is 101 cm³/mol. The zero-order chi connectivity index (χ0) is 15.3. The van der Waals surface area contributed by atoms with Crippen molar-refractivity contribution < 1.29 is 9.47 Å². The van der Waals surface area contributed by atoms with E-state index in [9.17, 15) is 0 Å². The van der Waals surface area contributed by atoms with Gasteiger partial charge in [-0.1, -0.05) is 20.8 Å². The highest BCUT2D eigenvalue weighted by molar-refractivity contribution is 14.0. The van der Waals surface area contributed by atoms with Crippen molar-refractivity contribution in [2.75, 3.05) is 47.1 Å². The molecule has 0 amide bonds. The second kappa shape index (κ2) is 14.8. The largest absolute Gasteiger partial charge is 0.382 e. The van der Waals surface area contributed by atoms with E-state index in [-0.39, 0.29) is 24.0 Å². The average Bonchev–Trinajstić information content (AvgIpc) is 2.39. The summed E-state index contributed by atoms with van der Waals surface area (Å²) in [5, 5.41) is 6.62. The summed E-state index contributed by atoms with van der Waals surface area (Å²) in [6, 6.07) is 0. The van der Waals surface area contributed by atoms with Crippen LogP contribution in [0.2, 0.25) is 0 Å². The summed E-state index contributed by atoms with van der Waals surface area (Å²) in [5.41, 5.74) is 0.401. The molecule has 21 heavy (non-hydrogen) atoms. The van der Waals surface area contributed by atoms with Crippen molar-refractivity contribution in [1.82, 2.24) is 10.6 Å². The van der Waals surface area contributed by atoms with Gasteiger partial charge in [-0.3, -0.25) is 4.99 Å². The van der Waals surface area contributed by atoms with Gasteiger partial charge in [-0.25, -0.2) is 0 Å². The molecule has 0 aliphatic carbocycles. The first kappa shape index (κ1) is 23.2. The minimum atomic E-state index is 0. The monoisotopic (exact) mass is 415 g/mol. The molecule has 0 radical (unpaired) electrons. The lowest BCUT2D eigenvalue weighted by Crippen LogP contribution is -2.38. The maximum atomic E-state index is 5.40. The molecule has 6 heteroatoms. The van der Waals surface area contributed by atoms with Gasteiger partial charge in [0, 0.05) is 33.9 Å². The first-order valence-corrected chi connectivity index (χ1v) is 7.51. The number of methoxy groups -OCH3 is 1. The number of nitrogens with zero attached hydrogens (tertiary/aromatic N) is 1. The smallest absolute Gasteiger partial charge is 0.190 e. The zero-order valence-corrected chi connectivity index (χ0v) is 16.7. The molecule has 0 atom stereocenters. The number of hydrogen-bond donors (Lipinski definition) is 2. The Morgan fingerprint density at radius 1 is 1.00 bits per heavy atom. The van der Waals surface area contributed by atoms with Crippen LogP contribution in [0, 0.1) is 5.41 Å². The van der Waals surface area contributed by atoms with Gasteiger partial charge in [-0.05, 0) is 24.7 Å². The molecule has 0 aliphatic rings. The number of guanidine groups is 1. The van der Waals surface area contributed by atoms with Gasteiger partial charge in [0.25, 0.3) is 0 Å². The highest BCUT2D eigenvalue weighted by atomic mass is 127. The van der Waals surface area contributed by atoms with Crippen LogP contribution in [0.25, 0.3) is 0 Å². The molecular formula is C15H34IN3O2. The molecule has 0 rings (SSSR count). The van der Waals surface area contributed by atoms with Crippen molar-refractivity contribution in [1.29, 1.82) is 0 Å². The van der Waals surface area contributed by atoms with Crippen molar-refractivity contribution in [2.24, 2.45) is 10.4 Å². The first-order chi connectivity index (χ1) is 9.49. The third-order valence-electron chi connectivity index (χ3n) is 2.81. The normalized spacial score (nSPS) is 12.0.